The van der Waals surface area contributed by atoms with Crippen molar-refractivity contribution in [2.24, 2.45) is 0 Å². The van der Waals surface area contributed by atoms with Crippen molar-refractivity contribution in [1.29, 1.82) is 0 Å². The Morgan fingerprint density at radius 1 is 0.556 bits per heavy atom. The molecule has 0 aliphatic carbocycles. The maximum atomic E-state index is 13.4. The van der Waals surface area contributed by atoms with Gasteiger partial charge in [-0.05, 0) is 54.4 Å². The number of rotatable bonds is 19. The monoisotopic (exact) mass is 768 g/mol. The number of carbonyl (C=O) groups is 6. The van der Waals surface area contributed by atoms with Gasteiger partial charge in [-0.25, -0.2) is 19.2 Å². The van der Waals surface area contributed by atoms with Gasteiger partial charge in [0.2, 0.25) is 35.3 Å². The maximum Gasteiger partial charge on any atom is 0.407 e. The molecule has 0 spiro atoms. The van der Waals surface area contributed by atoms with Gasteiger partial charge in [-0.3, -0.25) is 9.59 Å². The predicted octanol–water partition coefficient (Wildman–Crippen LogP) is 1.77. The molecule has 4 amide bonds. The summed E-state index contributed by atoms with van der Waals surface area (Å²) >= 11 is 0. The summed E-state index contributed by atoms with van der Waals surface area (Å²) < 4.78 is 11.6. The largest absolute Gasteiger partial charge is 0.492 e. The van der Waals surface area contributed by atoms with E-state index in [0.29, 0.717) is 9.46 Å². The highest BCUT2D eigenvalue weighted by Crippen LogP contribution is 2.20. The number of aromatic hydroxyl groups is 4. The molecule has 2 aromatic heterocycles. The number of ether oxygens (including phenoxy) is 2. The van der Waals surface area contributed by atoms with Crippen LogP contribution in [0.1, 0.15) is 80.1 Å². The first kappa shape index (κ1) is 44.3. The van der Waals surface area contributed by atoms with Gasteiger partial charge in [0.05, 0.1) is 0 Å². The first-order valence-corrected chi connectivity index (χ1v) is 17.3. The van der Waals surface area contributed by atoms with Gasteiger partial charge in [0.1, 0.15) is 11.2 Å². The van der Waals surface area contributed by atoms with Crippen molar-refractivity contribution in [3.05, 3.63) is 24.3 Å². The Morgan fingerprint density at radius 2 is 0.870 bits per heavy atom. The Balaban J connectivity index is 2.09. The van der Waals surface area contributed by atoms with Gasteiger partial charge in [-0.15, -0.1) is 9.46 Å². The molecule has 20 heteroatoms. The first-order valence-electron chi connectivity index (χ1n) is 17.3. The number of hydrogen-bond donors (Lipinski definition) is 6. The van der Waals surface area contributed by atoms with Gasteiger partial charge in [0.25, 0.3) is 0 Å². The van der Waals surface area contributed by atoms with Gasteiger partial charge in [0.15, 0.2) is 0 Å². The molecule has 0 radical (unpaired) electrons. The van der Waals surface area contributed by atoms with Crippen LogP contribution in [0, 0.1) is 0 Å². The van der Waals surface area contributed by atoms with Gasteiger partial charge in [0, 0.05) is 89.2 Å². The maximum absolute atomic E-state index is 13.4. The number of alkyl carbamates (subject to hydrolysis) is 2. The Bertz CT molecular complexity index is 1430. The summed E-state index contributed by atoms with van der Waals surface area (Å²) in [7, 11) is 0. The van der Waals surface area contributed by atoms with E-state index in [1.54, 1.807) is 41.5 Å². The second-order valence-electron chi connectivity index (χ2n) is 13.9. The van der Waals surface area contributed by atoms with Crippen LogP contribution in [0.15, 0.2) is 24.3 Å². The Kier molecular flexibility index (Phi) is 16.8. The van der Waals surface area contributed by atoms with E-state index in [2.05, 4.69) is 10.6 Å². The Labute approximate surface area is 312 Å². The number of carbonyl (C=O) groups excluding carboxylic acids is 6. The Morgan fingerprint density at radius 3 is 1.17 bits per heavy atom. The molecule has 0 atom stereocenters. The minimum atomic E-state index is -0.831. The lowest BCUT2D eigenvalue weighted by atomic mass is 10.2. The van der Waals surface area contributed by atoms with E-state index in [9.17, 15) is 49.2 Å². The zero-order chi connectivity index (χ0) is 40.6. The zero-order valence-corrected chi connectivity index (χ0v) is 31.5. The van der Waals surface area contributed by atoms with Gasteiger partial charge >= 0.3 is 24.1 Å². The second-order valence-corrected chi connectivity index (χ2v) is 13.9. The van der Waals surface area contributed by atoms with E-state index >= 15 is 0 Å². The van der Waals surface area contributed by atoms with Gasteiger partial charge in [-0.1, -0.05) is 0 Å². The smallest absolute Gasteiger partial charge is 0.407 e. The van der Waals surface area contributed by atoms with Crippen molar-refractivity contribution in [2.45, 2.75) is 91.3 Å². The molecule has 0 aliphatic heterocycles. The van der Waals surface area contributed by atoms with Crippen LogP contribution < -0.4 is 20.3 Å². The van der Waals surface area contributed by atoms with E-state index in [0.717, 1.165) is 24.3 Å². The molecule has 0 saturated carbocycles. The summed E-state index contributed by atoms with van der Waals surface area (Å²) in [6.07, 6.45) is -2.16. The Hall–Kier alpha value is -5.82. The van der Waals surface area contributed by atoms with Crippen LogP contribution in [0.4, 0.5) is 9.59 Å². The summed E-state index contributed by atoms with van der Waals surface area (Å²) in [4.78, 5) is 88.4. The average molecular weight is 769 g/mol. The number of amides is 4. The fraction of sp³-hybridized carbons (Fsp3) is 0.588. The molecular formula is C34H52N6O14. The lowest BCUT2D eigenvalue weighted by Gasteiger charge is -2.29. The van der Waals surface area contributed by atoms with Crippen LogP contribution in [-0.4, -0.2) is 126 Å². The topological polar surface area (TPSA) is 261 Å². The first-order chi connectivity index (χ1) is 25.1. The van der Waals surface area contributed by atoms with Crippen molar-refractivity contribution in [3.63, 3.8) is 0 Å². The standard InChI is InChI=1S/C34H52N6O14/c1-33(2,3)51-31(49)35-17-19-37(23(41)9-7-11-29(47)53-39-25(43)13-14-26(39)44)21-22-38(20-18-36-32(50)52-34(4,5)6)24(42)10-8-12-30(48)54-40-27(45)15-16-28(40)46/h13-16,43-46H,7-12,17-22H2,1-6H3,(H,35,49)(H,36,50). The summed E-state index contributed by atoms with van der Waals surface area (Å²) in [6, 6.07) is 4.48. The van der Waals surface area contributed by atoms with Crippen LogP contribution in [0.5, 0.6) is 23.5 Å². The van der Waals surface area contributed by atoms with Gasteiger partial charge in [-0.2, -0.15) is 0 Å². The highest BCUT2D eigenvalue weighted by molar-refractivity contribution is 5.79. The van der Waals surface area contributed by atoms with Crippen molar-refractivity contribution in [1.82, 2.24) is 29.9 Å². The molecule has 2 aromatic rings. The van der Waals surface area contributed by atoms with Crippen LogP contribution in [-0.2, 0) is 28.7 Å². The molecule has 0 unspecified atom stereocenters. The fourth-order valence-corrected chi connectivity index (χ4v) is 4.55. The van der Waals surface area contributed by atoms with Crippen molar-refractivity contribution < 1.29 is 68.3 Å². The molecule has 0 bridgehead atoms. The quantitative estimate of drug-likeness (QED) is 0.119. The minimum absolute atomic E-state index is 0.00323. The molecule has 54 heavy (non-hydrogen) atoms. The summed E-state index contributed by atoms with van der Waals surface area (Å²) in [6.45, 7) is 10.0. The minimum Gasteiger partial charge on any atom is -0.492 e. The van der Waals surface area contributed by atoms with Crippen LogP contribution in [0.2, 0.25) is 0 Å². The zero-order valence-electron chi connectivity index (χ0n) is 31.5. The third-order valence-electron chi connectivity index (χ3n) is 6.97. The summed E-state index contributed by atoms with van der Waals surface area (Å²) in [5, 5.41) is 43.9. The molecule has 0 aliphatic rings. The molecule has 2 heterocycles. The van der Waals surface area contributed by atoms with E-state index < -0.39 is 70.7 Å². The SMILES string of the molecule is CC(C)(C)OC(=O)NCCN(CCN(CCNC(=O)OC(C)(C)C)C(=O)CCCC(=O)On1c(O)ccc1O)C(=O)CCCC(=O)On1c(O)ccc1O. The van der Waals surface area contributed by atoms with Crippen molar-refractivity contribution in [3.8, 4) is 23.5 Å². The van der Waals surface area contributed by atoms with Crippen LogP contribution in [0.3, 0.4) is 0 Å². The normalized spacial score (nSPS) is 11.3. The number of nitrogens with zero attached hydrogens (tertiary/aromatic N) is 4. The third-order valence-corrected chi connectivity index (χ3v) is 6.97. The highest BCUT2D eigenvalue weighted by Gasteiger charge is 2.22. The third kappa shape index (κ3) is 16.7. The van der Waals surface area contributed by atoms with E-state index in [1.807, 2.05) is 0 Å². The van der Waals surface area contributed by atoms with Crippen LogP contribution >= 0.6 is 0 Å². The molecule has 0 saturated heterocycles. The molecule has 0 fully saturated rings. The predicted molar refractivity (Wildman–Crippen MR) is 188 cm³/mol. The van der Waals surface area contributed by atoms with Gasteiger partial charge < -0.3 is 60.0 Å². The number of hydrogen-bond acceptors (Lipinski definition) is 14. The summed E-state index contributed by atoms with van der Waals surface area (Å²) in [5.41, 5.74) is -1.53. The lowest BCUT2D eigenvalue weighted by molar-refractivity contribution is -0.146. The van der Waals surface area contributed by atoms with Crippen molar-refractivity contribution in [2.75, 3.05) is 39.3 Å². The molecule has 2 rings (SSSR count). The van der Waals surface area contributed by atoms with E-state index in [4.69, 9.17) is 19.1 Å². The lowest BCUT2D eigenvalue weighted by Crippen LogP contribution is -2.46. The average Bonchev–Trinajstić information content (AvgIpc) is 3.53. The molecular weight excluding hydrogens is 716 g/mol. The molecule has 0 aromatic carbocycles. The van der Waals surface area contributed by atoms with E-state index in [1.165, 1.54) is 9.80 Å². The molecule has 6 N–H and O–H groups in total. The van der Waals surface area contributed by atoms with Crippen LogP contribution in [0.25, 0.3) is 0 Å². The number of nitrogens with one attached hydrogen (secondary N) is 2. The fourth-order valence-electron chi connectivity index (χ4n) is 4.55. The highest BCUT2D eigenvalue weighted by atomic mass is 16.7. The molecule has 20 nitrogen and oxygen atoms in total. The van der Waals surface area contributed by atoms with E-state index in [-0.39, 0.29) is 77.8 Å². The summed E-state index contributed by atoms with van der Waals surface area (Å²) in [5.74, 6) is -4.53. The second kappa shape index (κ2) is 20.4. The van der Waals surface area contributed by atoms with Crippen molar-refractivity contribution >= 4 is 35.9 Å². The number of aromatic nitrogens is 2. The molecule has 302 valence electrons.